The van der Waals surface area contributed by atoms with Gasteiger partial charge >= 0.3 is 0 Å². The zero-order valence-electron chi connectivity index (χ0n) is 17.7. The van der Waals surface area contributed by atoms with Gasteiger partial charge in [0.25, 0.3) is 0 Å². The van der Waals surface area contributed by atoms with E-state index in [4.69, 9.17) is 10.5 Å². The number of nitrogens with two attached hydrogens (primary N) is 1. The van der Waals surface area contributed by atoms with Gasteiger partial charge < -0.3 is 10.5 Å². The van der Waals surface area contributed by atoms with Gasteiger partial charge in [-0.25, -0.2) is 13.8 Å². The third kappa shape index (κ3) is 3.39. The molecular formula is C23H22F2N6O. The van der Waals surface area contributed by atoms with Crippen LogP contribution < -0.4 is 10.5 Å². The molecule has 7 nitrogen and oxygen atoms in total. The highest BCUT2D eigenvalue weighted by Gasteiger charge is 2.23. The minimum Gasteiger partial charge on any atom is -0.482 e. The number of ether oxygens (including phenoxy) is 1. The van der Waals surface area contributed by atoms with Crippen molar-refractivity contribution in [2.24, 2.45) is 0 Å². The van der Waals surface area contributed by atoms with E-state index in [1.165, 1.54) is 12.1 Å². The topological polar surface area (TPSA) is 83.8 Å². The molecule has 4 heterocycles. The molecule has 1 aliphatic heterocycles. The van der Waals surface area contributed by atoms with Gasteiger partial charge in [0.15, 0.2) is 11.6 Å². The highest BCUT2D eigenvalue weighted by Crippen LogP contribution is 2.37. The number of hydrogen-bond donors (Lipinski definition) is 1. The molecule has 1 unspecified atom stereocenters. The molecule has 32 heavy (non-hydrogen) atoms. The average molecular weight is 436 g/mol. The van der Waals surface area contributed by atoms with Gasteiger partial charge in [-0.2, -0.15) is 10.2 Å². The van der Waals surface area contributed by atoms with E-state index in [1.807, 2.05) is 24.6 Å². The van der Waals surface area contributed by atoms with E-state index in [9.17, 15) is 8.78 Å². The summed E-state index contributed by atoms with van der Waals surface area (Å²) in [5.74, 6) is 0.229. The fraction of sp³-hybridized carbons (Fsp3) is 0.261. The fourth-order valence-corrected chi connectivity index (χ4v) is 4.20. The lowest BCUT2D eigenvalue weighted by atomic mass is 9.99. The zero-order valence-corrected chi connectivity index (χ0v) is 17.7. The maximum Gasteiger partial charge on any atom is 0.166 e. The van der Waals surface area contributed by atoms with Gasteiger partial charge in [-0.3, -0.25) is 9.36 Å². The van der Waals surface area contributed by atoms with Gasteiger partial charge in [-0.05, 0) is 44.2 Å². The summed E-state index contributed by atoms with van der Waals surface area (Å²) >= 11 is 0. The summed E-state index contributed by atoms with van der Waals surface area (Å²) in [4.78, 5) is 4.29. The number of benzene rings is 1. The van der Waals surface area contributed by atoms with Crippen molar-refractivity contribution in [1.29, 1.82) is 0 Å². The Bertz CT molecular complexity index is 1310. The Kier molecular flexibility index (Phi) is 4.88. The second-order valence-electron chi connectivity index (χ2n) is 7.86. The molecule has 0 spiro atoms. The molecule has 0 amide bonds. The van der Waals surface area contributed by atoms with Crippen LogP contribution in [-0.4, -0.2) is 31.2 Å². The molecule has 2 N–H and O–H groups in total. The molecule has 9 heteroatoms. The number of fused-ring (bicyclic) bond motifs is 7. The molecule has 5 rings (SSSR count). The van der Waals surface area contributed by atoms with Crippen LogP contribution in [0, 0.1) is 12.7 Å². The quantitative estimate of drug-likeness (QED) is 0.506. The number of anilines is 1. The highest BCUT2D eigenvalue weighted by molar-refractivity contribution is 5.69. The molecule has 0 saturated heterocycles. The highest BCUT2D eigenvalue weighted by atomic mass is 19.1. The van der Waals surface area contributed by atoms with Crippen molar-refractivity contribution in [2.75, 3.05) is 12.4 Å². The Labute approximate surface area is 183 Å². The molecule has 1 atom stereocenters. The van der Waals surface area contributed by atoms with Crippen LogP contribution in [0.15, 0.2) is 42.7 Å². The second-order valence-corrected chi connectivity index (χ2v) is 7.86. The van der Waals surface area contributed by atoms with Crippen molar-refractivity contribution < 1.29 is 13.5 Å². The van der Waals surface area contributed by atoms with Crippen molar-refractivity contribution in [3.8, 4) is 28.3 Å². The number of pyridine rings is 1. The van der Waals surface area contributed by atoms with Crippen LogP contribution in [-0.2, 0) is 13.1 Å². The summed E-state index contributed by atoms with van der Waals surface area (Å²) in [6.45, 7) is 3.70. The van der Waals surface area contributed by atoms with Crippen LogP contribution in [0.2, 0.25) is 0 Å². The third-order valence-corrected chi connectivity index (χ3v) is 5.62. The molecule has 4 aromatic rings. The van der Waals surface area contributed by atoms with Crippen LogP contribution >= 0.6 is 0 Å². The molecule has 3 aromatic heterocycles. The molecule has 0 radical (unpaired) electrons. The molecular weight excluding hydrogens is 414 g/mol. The largest absolute Gasteiger partial charge is 0.482 e. The van der Waals surface area contributed by atoms with Gasteiger partial charge in [0.05, 0.1) is 36.4 Å². The molecule has 1 aliphatic rings. The van der Waals surface area contributed by atoms with Gasteiger partial charge in [-0.1, -0.05) is 0 Å². The van der Waals surface area contributed by atoms with Gasteiger partial charge in [-0.15, -0.1) is 0 Å². The third-order valence-electron chi connectivity index (χ3n) is 5.62. The van der Waals surface area contributed by atoms with Gasteiger partial charge in [0.1, 0.15) is 18.6 Å². The molecule has 0 saturated carbocycles. The number of hydrogen-bond acceptors (Lipinski definition) is 5. The SMILES string of the molecule is Cc1cc2n(n1)Cc1cnn(CCF)c1-c1cnc(N)c(c1)OC(C)c1cc(F)ccc1-2. The first-order valence-corrected chi connectivity index (χ1v) is 10.3. The van der Waals surface area contributed by atoms with Crippen LogP contribution in [0.25, 0.3) is 22.5 Å². The van der Waals surface area contributed by atoms with Crippen LogP contribution in [0.4, 0.5) is 14.6 Å². The van der Waals surface area contributed by atoms with E-state index in [-0.39, 0.29) is 18.2 Å². The summed E-state index contributed by atoms with van der Waals surface area (Å²) < 4.78 is 37.1. The Hall–Kier alpha value is -3.75. The molecule has 0 aliphatic carbocycles. The van der Waals surface area contributed by atoms with Crippen LogP contribution in [0.1, 0.15) is 29.8 Å². The van der Waals surface area contributed by atoms with Crippen molar-refractivity contribution in [3.63, 3.8) is 0 Å². The number of nitrogen functional groups attached to an aromatic ring is 1. The zero-order chi connectivity index (χ0) is 22.4. The van der Waals surface area contributed by atoms with Crippen molar-refractivity contribution in [3.05, 3.63) is 65.4 Å². The Morgan fingerprint density at radius 1 is 1.22 bits per heavy atom. The number of nitrogens with zero attached hydrogens (tertiary/aromatic N) is 5. The molecule has 2 bridgehead atoms. The summed E-state index contributed by atoms with van der Waals surface area (Å²) in [6, 6.07) is 8.34. The lowest BCUT2D eigenvalue weighted by Crippen LogP contribution is -2.12. The van der Waals surface area contributed by atoms with Gasteiger partial charge in [0.2, 0.25) is 0 Å². The molecule has 164 valence electrons. The molecule has 1 aromatic carbocycles. The normalized spacial score (nSPS) is 15.1. The fourth-order valence-electron chi connectivity index (χ4n) is 4.20. The van der Waals surface area contributed by atoms with E-state index in [0.717, 1.165) is 28.2 Å². The summed E-state index contributed by atoms with van der Waals surface area (Å²) in [7, 11) is 0. The van der Waals surface area contributed by atoms with Crippen molar-refractivity contribution in [1.82, 2.24) is 24.5 Å². The van der Waals surface area contributed by atoms with E-state index < -0.39 is 12.8 Å². The smallest absolute Gasteiger partial charge is 0.166 e. The Balaban J connectivity index is 1.79. The second kappa shape index (κ2) is 7.74. The first-order chi connectivity index (χ1) is 15.4. The Morgan fingerprint density at radius 3 is 2.88 bits per heavy atom. The summed E-state index contributed by atoms with van der Waals surface area (Å²) in [6.07, 6.45) is 2.82. The van der Waals surface area contributed by atoms with Crippen molar-refractivity contribution in [2.45, 2.75) is 33.0 Å². The van der Waals surface area contributed by atoms with E-state index in [2.05, 4.69) is 15.2 Å². The monoisotopic (exact) mass is 436 g/mol. The predicted octanol–water partition coefficient (Wildman–Crippen LogP) is 4.31. The maximum absolute atomic E-state index is 14.2. The maximum atomic E-state index is 14.2. The number of rotatable bonds is 2. The number of alkyl halides is 1. The van der Waals surface area contributed by atoms with E-state index in [0.29, 0.717) is 23.4 Å². The lowest BCUT2D eigenvalue weighted by Gasteiger charge is -2.21. The minimum atomic E-state index is -0.554. The van der Waals surface area contributed by atoms with E-state index >= 15 is 0 Å². The average Bonchev–Trinajstić information content (AvgIpc) is 3.32. The van der Waals surface area contributed by atoms with E-state index in [1.54, 1.807) is 29.2 Å². The number of aryl methyl sites for hydroxylation is 2. The summed E-state index contributed by atoms with van der Waals surface area (Å²) in [5.41, 5.74) is 11.5. The lowest BCUT2D eigenvalue weighted by molar-refractivity contribution is 0.227. The number of aromatic nitrogens is 5. The first kappa shape index (κ1) is 20.2. The standard InChI is InChI=1S/C23H22F2N6O/c1-13-7-20-18-4-3-17(25)9-19(18)14(2)32-21-8-15(10-27-23(21)26)22-16(12-31(20)29-13)11-28-30(22)6-5-24/h3-4,7-11,14H,5-6,12H2,1-2H3,(H2,26,27). The van der Waals surface area contributed by atoms with Crippen LogP contribution in [0.5, 0.6) is 5.75 Å². The predicted molar refractivity (Wildman–Crippen MR) is 116 cm³/mol. The van der Waals surface area contributed by atoms with Crippen molar-refractivity contribution >= 4 is 5.82 Å². The molecule has 0 fully saturated rings. The number of halogens is 2. The Morgan fingerprint density at radius 2 is 2.06 bits per heavy atom. The van der Waals surface area contributed by atoms with Crippen LogP contribution in [0.3, 0.4) is 0 Å². The minimum absolute atomic E-state index is 0.111. The van der Waals surface area contributed by atoms with Gasteiger partial charge in [0, 0.05) is 28.5 Å². The summed E-state index contributed by atoms with van der Waals surface area (Å²) in [5, 5.41) is 9.05. The first-order valence-electron chi connectivity index (χ1n) is 10.3.